The maximum absolute atomic E-state index is 11.9. The third-order valence-electron chi connectivity index (χ3n) is 2.97. The number of nitrogens with one attached hydrogen (secondary N) is 2. The Morgan fingerprint density at radius 1 is 1.22 bits per heavy atom. The maximum Gasteiger partial charge on any atom is 0.251 e. The largest absolute Gasteiger partial charge is 0.366 e. The zero-order valence-corrected chi connectivity index (χ0v) is 10.1. The Morgan fingerprint density at radius 3 is 2.28 bits per heavy atom. The van der Waals surface area contributed by atoms with Crippen molar-refractivity contribution in [1.82, 2.24) is 5.32 Å². The van der Waals surface area contributed by atoms with Gasteiger partial charge in [0.05, 0.1) is 0 Å². The molecular weight excluding hydrogens is 230 g/mol. The van der Waals surface area contributed by atoms with Gasteiger partial charge < -0.3 is 16.4 Å². The standard InChI is InChI=1S/C13H15N3O2/c1-8(10-6-15-7-10)13(18)16-11-4-2-9(3-5-11)12(14)17/h2-5,15H,6-7H2,1H3,(H2,14,17)(H,16,18). The lowest BCUT2D eigenvalue weighted by Gasteiger charge is -2.21. The lowest BCUT2D eigenvalue weighted by Crippen LogP contribution is -2.36. The minimum atomic E-state index is -0.480. The molecule has 0 bridgehead atoms. The number of rotatable bonds is 3. The monoisotopic (exact) mass is 245 g/mol. The summed E-state index contributed by atoms with van der Waals surface area (Å²) in [6, 6.07) is 6.50. The summed E-state index contributed by atoms with van der Waals surface area (Å²) < 4.78 is 0. The molecule has 2 amide bonds. The van der Waals surface area contributed by atoms with Gasteiger partial charge in [0.15, 0.2) is 0 Å². The zero-order chi connectivity index (χ0) is 13.1. The minimum absolute atomic E-state index is 0.113. The predicted molar refractivity (Wildman–Crippen MR) is 69.2 cm³/mol. The van der Waals surface area contributed by atoms with Gasteiger partial charge in [-0.2, -0.15) is 0 Å². The molecular formula is C13H15N3O2. The van der Waals surface area contributed by atoms with E-state index < -0.39 is 5.91 Å². The first-order chi connectivity index (χ1) is 8.58. The molecule has 5 nitrogen and oxygen atoms in total. The summed E-state index contributed by atoms with van der Waals surface area (Å²) in [5.41, 5.74) is 8.08. The van der Waals surface area contributed by atoms with E-state index in [0.29, 0.717) is 11.3 Å². The van der Waals surface area contributed by atoms with Crippen LogP contribution < -0.4 is 16.4 Å². The second-order valence-corrected chi connectivity index (χ2v) is 4.23. The number of amides is 2. The van der Waals surface area contributed by atoms with Crippen LogP contribution in [-0.4, -0.2) is 24.9 Å². The molecule has 0 unspecified atom stereocenters. The average molecular weight is 245 g/mol. The van der Waals surface area contributed by atoms with Crippen LogP contribution in [0.4, 0.5) is 5.69 Å². The van der Waals surface area contributed by atoms with Crippen molar-refractivity contribution in [2.24, 2.45) is 5.73 Å². The molecule has 1 saturated heterocycles. The van der Waals surface area contributed by atoms with Crippen molar-refractivity contribution in [2.45, 2.75) is 6.92 Å². The van der Waals surface area contributed by atoms with E-state index in [4.69, 9.17) is 5.73 Å². The highest BCUT2D eigenvalue weighted by Crippen LogP contribution is 2.13. The van der Waals surface area contributed by atoms with Crippen LogP contribution in [0.3, 0.4) is 0 Å². The lowest BCUT2D eigenvalue weighted by atomic mass is 10.0. The van der Waals surface area contributed by atoms with Crippen molar-refractivity contribution >= 4 is 17.5 Å². The third kappa shape index (κ3) is 2.57. The Balaban J connectivity index is 2.05. The molecule has 0 radical (unpaired) electrons. The van der Waals surface area contributed by atoms with Crippen LogP contribution in [0.1, 0.15) is 17.3 Å². The number of nitrogens with two attached hydrogens (primary N) is 1. The molecule has 1 aliphatic rings. The SMILES string of the molecule is CC(C(=O)Nc1ccc(C(N)=O)cc1)=C1CNC1. The second kappa shape index (κ2) is 5.01. The maximum atomic E-state index is 11.9. The molecule has 1 aromatic rings. The second-order valence-electron chi connectivity index (χ2n) is 4.23. The Labute approximate surface area is 105 Å². The van der Waals surface area contributed by atoms with Gasteiger partial charge in [0.25, 0.3) is 5.91 Å². The van der Waals surface area contributed by atoms with Gasteiger partial charge in [-0.15, -0.1) is 0 Å². The van der Waals surface area contributed by atoms with E-state index in [1.165, 1.54) is 0 Å². The normalized spacial score (nSPS) is 13.7. The zero-order valence-electron chi connectivity index (χ0n) is 10.1. The summed E-state index contributed by atoms with van der Waals surface area (Å²) >= 11 is 0. The molecule has 2 rings (SSSR count). The summed E-state index contributed by atoms with van der Waals surface area (Å²) in [5.74, 6) is -0.593. The van der Waals surface area contributed by atoms with E-state index in [9.17, 15) is 9.59 Å². The average Bonchev–Trinajstić information content (AvgIpc) is 2.27. The predicted octanol–water partition coefficient (Wildman–Crippen LogP) is 0.644. The van der Waals surface area contributed by atoms with Crippen molar-refractivity contribution in [3.05, 3.63) is 41.0 Å². The molecule has 0 aliphatic carbocycles. The van der Waals surface area contributed by atoms with Crippen molar-refractivity contribution in [1.29, 1.82) is 0 Å². The van der Waals surface area contributed by atoms with Crippen molar-refractivity contribution in [3.63, 3.8) is 0 Å². The van der Waals surface area contributed by atoms with E-state index in [1.54, 1.807) is 24.3 Å². The van der Waals surface area contributed by atoms with Crippen LogP contribution in [0.5, 0.6) is 0 Å². The third-order valence-corrected chi connectivity index (χ3v) is 2.97. The van der Waals surface area contributed by atoms with Gasteiger partial charge in [0.2, 0.25) is 5.91 Å². The minimum Gasteiger partial charge on any atom is -0.366 e. The molecule has 0 aromatic heterocycles. The fourth-order valence-corrected chi connectivity index (χ4v) is 1.62. The van der Waals surface area contributed by atoms with E-state index in [2.05, 4.69) is 10.6 Å². The summed E-state index contributed by atoms with van der Waals surface area (Å²) in [6.45, 7) is 3.36. The molecule has 0 saturated carbocycles. The molecule has 1 heterocycles. The van der Waals surface area contributed by atoms with Crippen LogP contribution in [-0.2, 0) is 4.79 Å². The number of anilines is 1. The van der Waals surface area contributed by atoms with Crippen LogP contribution in [0.2, 0.25) is 0 Å². The van der Waals surface area contributed by atoms with Gasteiger partial charge >= 0.3 is 0 Å². The molecule has 4 N–H and O–H groups in total. The van der Waals surface area contributed by atoms with Gasteiger partial charge in [-0.3, -0.25) is 9.59 Å². The number of hydrogen-bond donors (Lipinski definition) is 3. The van der Waals surface area contributed by atoms with E-state index >= 15 is 0 Å². The summed E-state index contributed by atoms with van der Waals surface area (Å²) in [5, 5.41) is 5.87. The first-order valence-corrected chi connectivity index (χ1v) is 5.68. The van der Waals surface area contributed by atoms with E-state index in [-0.39, 0.29) is 5.91 Å². The fraction of sp³-hybridized carbons (Fsp3) is 0.231. The molecule has 0 atom stereocenters. The number of primary amides is 1. The highest BCUT2D eigenvalue weighted by atomic mass is 16.2. The molecule has 1 aromatic carbocycles. The van der Waals surface area contributed by atoms with Gasteiger partial charge in [0, 0.05) is 29.9 Å². The molecule has 94 valence electrons. The van der Waals surface area contributed by atoms with Gasteiger partial charge in [-0.1, -0.05) is 0 Å². The smallest absolute Gasteiger partial charge is 0.251 e. The van der Waals surface area contributed by atoms with Crippen LogP contribution in [0, 0.1) is 0 Å². The van der Waals surface area contributed by atoms with Crippen molar-refractivity contribution in [2.75, 3.05) is 18.4 Å². The number of benzene rings is 1. The van der Waals surface area contributed by atoms with E-state index in [1.807, 2.05) is 6.92 Å². The summed E-state index contributed by atoms with van der Waals surface area (Å²) in [4.78, 5) is 22.8. The molecule has 5 heteroatoms. The van der Waals surface area contributed by atoms with Crippen molar-refractivity contribution in [3.8, 4) is 0 Å². The molecule has 0 spiro atoms. The summed E-state index contributed by atoms with van der Waals surface area (Å²) in [7, 11) is 0. The Bertz CT molecular complexity index is 512. The fourth-order valence-electron chi connectivity index (χ4n) is 1.62. The number of hydrogen-bond acceptors (Lipinski definition) is 3. The highest BCUT2D eigenvalue weighted by Gasteiger charge is 2.15. The topological polar surface area (TPSA) is 84.2 Å². The molecule has 1 aliphatic heterocycles. The molecule has 1 fully saturated rings. The quantitative estimate of drug-likeness (QED) is 0.683. The Morgan fingerprint density at radius 2 is 1.83 bits per heavy atom. The number of carbonyl (C=O) groups is 2. The molecule has 18 heavy (non-hydrogen) atoms. The van der Waals surface area contributed by atoms with E-state index in [0.717, 1.165) is 24.2 Å². The van der Waals surface area contributed by atoms with Crippen LogP contribution in [0.15, 0.2) is 35.4 Å². The van der Waals surface area contributed by atoms with Gasteiger partial charge in [-0.05, 0) is 36.8 Å². The van der Waals surface area contributed by atoms with Crippen LogP contribution in [0.25, 0.3) is 0 Å². The Kier molecular flexibility index (Phi) is 3.43. The van der Waals surface area contributed by atoms with Gasteiger partial charge in [0.1, 0.15) is 0 Å². The Hall–Kier alpha value is -2.14. The lowest BCUT2D eigenvalue weighted by molar-refractivity contribution is -0.112. The first-order valence-electron chi connectivity index (χ1n) is 5.68. The van der Waals surface area contributed by atoms with Crippen LogP contribution >= 0.6 is 0 Å². The van der Waals surface area contributed by atoms with Crippen molar-refractivity contribution < 1.29 is 9.59 Å². The van der Waals surface area contributed by atoms with Gasteiger partial charge in [-0.25, -0.2) is 0 Å². The summed E-state index contributed by atoms with van der Waals surface area (Å²) in [6.07, 6.45) is 0. The first kappa shape index (κ1) is 12.3. The number of carbonyl (C=O) groups excluding carboxylic acids is 2. The highest BCUT2D eigenvalue weighted by molar-refractivity contribution is 6.04.